The van der Waals surface area contributed by atoms with Crippen molar-refractivity contribution in [1.29, 1.82) is 0 Å². The number of imidazole rings is 1. The Morgan fingerprint density at radius 1 is 0.512 bits per heavy atom. The van der Waals surface area contributed by atoms with Crippen molar-refractivity contribution in [3.05, 3.63) is 157 Å². The zero-order chi connectivity index (χ0) is 27.2. The lowest BCUT2D eigenvalue weighted by Gasteiger charge is -2.11. The van der Waals surface area contributed by atoms with Crippen molar-refractivity contribution in [3.63, 3.8) is 0 Å². The monoisotopic (exact) mass is 526 g/mol. The Labute approximate surface area is 237 Å². The van der Waals surface area contributed by atoms with Crippen molar-refractivity contribution in [2.45, 2.75) is 6.42 Å². The Bertz CT molecular complexity index is 2170. The maximum Gasteiger partial charge on any atom is 0.145 e. The van der Waals surface area contributed by atoms with E-state index in [0.717, 1.165) is 40.3 Å². The SMILES string of the molecule is c1ccc(-n2c(-c3cccc(Cc4ccc5c6ccccc6n(-c6ccccn6)c5c4)c3)nc3ccccc32)cc1. The minimum atomic E-state index is 0.819. The fourth-order valence-electron chi connectivity index (χ4n) is 5.97. The summed E-state index contributed by atoms with van der Waals surface area (Å²) in [5.41, 5.74) is 9.14. The van der Waals surface area contributed by atoms with Crippen molar-refractivity contribution in [2.75, 3.05) is 0 Å². The molecule has 0 saturated heterocycles. The number of nitrogens with zero attached hydrogens (tertiary/aromatic N) is 4. The highest BCUT2D eigenvalue weighted by atomic mass is 15.1. The van der Waals surface area contributed by atoms with Gasteiger partial charge < -0.3 is 0 Å². The Hall–Kier alpha value is -5.48. The van der Waals surface area contributed by atoms with Gasteiger partial charge in [0, 0.05) is 28.2 Å². The van der Waals surface area contributed by atoms with E-state index in [1.807, 2.05) is 30.5 Å². The van der Waals surface area contributed by atoms with Gasteiger partial charge in [-0.1, -0.05) is 84.9 Å². The van der Waals surface area contributed by atoms with E-state index in [2.05, 4.69) is 129 Å². The Balaban J connectivity index is 1.23. The highest BCUT2D eigenvalue weighted by Crippen LogP contribution is 2.33. The molecule has 0 spiro atoms. The molecule has 0 aliphatic carbocycles. The van der Waals surface area contributed by atoms with E-state index in [1.165, 1.54) is 32.9 Å². The van der Waals surface area contributed by atoms with Gasteiger partial charge in [0.05, 0.1) is 22.1 Å². The normalized spacial score (nSPS) is 11.5. The van der Waals surface area contributed by atoms with E-state index in [-0.39, 0.29) is 0 Å². The molecule has 0 atom stereocenters. The predicted molar refractivity (Wildman–Crippen MR) is 168 cm³/mol. The molecule has 0 aliphatic rings. The van der Waals surface area contributed by atoms with Gasteiger partial charge in [0.1, 0.15) is 11.6 Å². The van der Waals surface area contributed by atoms with E-state index in [0.29, 0.717) is 0 Å². The zero-order valence-electron chi connectivity index (χ0n) is 22.4. The summed E-state index contributed by atoms with van der Waals surface area (Å²) >= 11 is 0. The van der Waals surface area contributed by atoms with E-state index in [9.17, 15) is 0 Å². The van der Waals surface area contributed by atoms with Crippen LogP contribution in [-0.4, -0.2) is 19.1 Å². The van der Waals surface area contributed by atoms with Crippen LogP contribution in [0.15, 0.2) is 146 Å². The van der Waals surface area contributed by atoms with Crippen LogP contribution in [0.5, 0.6) is 0 Å². The zero-order valence-corrected chi connectivity index (χ0v) is 22.4. The molecule has 5 aromatic carbocycles. The first-order valence-corrected chi connectivity index (χ1v) is 13.9. The second-order valence-corrected chi connectivity index (χ2v) is 10.4. The largest absolute Gasteiger partial charge is 0.294 e. The van der Waals surface area contributed by atoms with Gasteiger partial charge in [-0.25, -0.2) is 9.97 Å². The lowest BCUT2D eigenvalue weighted by molar-refractivity contribution is 1.08. The number of rotatable bonds is 5. The smallest absolute Gasteiger partial charge is 0.145 e. The molecule has 4 nitrogen and oxygen atoms in total. The fraction of sp³-hybridized carbons (Fsp3) is 0.0270. The van der Waals surface area contributed by atoms with Gasteiger partial charge in [-0.2, -0.15) is 0 Å². The van der Waals surface area contributed by atoms with Crippen LogP contribution in [0.2, 0.25) is 0 Å². The molecule has 8 rings (SSSR count). The summed E-state index contributed by atoms with van der Waals surface area (Å²) in [7, 11) is 0. The molecule has 0 saturated carbocycles. The number of hydrogen-bond donors (Lipinski definition) is 0. The number of benzene rings is 5. The Morgan fingerprint density at radius 2 is 1.27 bits per heavy atom. The van der Waals surface area contributed by atoms with Gasteiger partial charge in [-0.3, -0.25) is 9.13 Å². The molecular formula is C37H26N4. The second-order valence-electron chi connectivity index (χ2n) is 10.4. The standard InChI is InChI=1S/C37H26N4/c1-2-13-29(14-3-1)40-34-18-7-5-16-32(34)39-37(40)28-12-10-11-26(24-28)23-27-20-21-31-30-15-4-6-17-33(30)41(35(31)25-27)36-19-8-9-22-38-36/h1-22,24-25H,23H2. The molecule has 0 aliphatic heterocycles. The van der Waals surface area contributed by atoms with E-state index in [4.69, 9.17) is 4.98 Å². The first kappa shape index (κ1) is 23.4. The summed E-state index contributed by atoms with van der Waals surface area (Å²) in [5.74, 6) is 1.88. The predicted octanol–water partition coefficient (Wildman–Crippen LogP) is 8.78. The molecule has 194 valence electrons. The first-order valence-electron chi connectivity index (χ1n) is 13.9. The van der Waals surface area contributed by atoms with Crippen molar-refractivity contribution in [2.24, 2.45) is 0 Å². The van der Waals surface area contributed by atoms with Crippen molar-refractivity contribution >= 4 is 32.8 Å². The Kier molecular flexibility index (Phi) is 5.49. The highest BCUT2D eigenvalue weighted by molar-refractivity contribution is 6.09. The Morgan fingerprint density at radius 3 is 2.15 bits per heavy atom. The quantitative estimate of drug-likeness (QED) is 0.225. The molecule has 0 radical (unpaired) electrons. The van der Waals surface area contributed by atoms with Gasteiger partial charge in [-0.15, -0.1) is 0 Å². The van der Waals surface area contributed by atoms with Gasteiger partial charge in [0.25, 0.3) is 0 Å². The molecule has 41 heavy (non-hydrogen) atoms. The van der Waals surface area contributed by atoms with Gasteiger partial charge in [0.15, 0.2) is 0 Å². The summed E-state index contributed by atoms with van der Waals surface area (Å²) in [4.78, 5) is 9.76. The van der Waals surface area contributed by atoms with Crippen LogP contribution in [-0.2, 0) is 6.42 Å². The van der Waals surface area contributed by atoms with Gasteiger partial charge >= 0.3 is 0 Å². The summed E-state index contributed by atoms with van der Waals surface area (Å²) in [6.45, 7) is 0. The minimum Gasteiger partial charge on any atom is -0.294 e. The third-order valence-electron chi connectivity index (χ3n) is 7.79. The van der Waals surface area contributed by atoms with Crippen molar-refractivity contribution in [1.82, 2.24) is 19.1 Å². The van der Waals surface area contributed by atoms with Gasteiger partial charge in [0.2, 0.25) is 0 Å². The summed E-state index contributed by atoms with van der Waals surface area (Å²) < 4.78 is 4.53. The summed E-state index contributed by atoms with van der Waals surface area (Å²) in [5, 5.41) is 2.47. The van der Waals surface area contributed by atoms with Crippen LogP contribution in [0.25, 0.3) is 55.7 Å². The average molecular weight is 527 g/mol. The molecule has 8 aromatic rings. The van der Waals surface area contributed by atoms with E-state index >= 15 is 0 Å². The second kappa shape index (κ2) is 9.61. The van der Waals surface area contributed by atoms with Gasteiger partial charge in [-0.05, 0) is 72.1 Å². The molecule has 0 bridgehead atoms. The number of hydrogen-bond acceptors (Lipinski definition) is 2. The average Bonchev–Trinajstić information content (AvgIpc) is 3.58. The van der Waals surface area contributed by atoms with Crippen LogP contribution < -0.4 is 0 Å². The third kappa shape index (κ3) is 4.00. The number of fused-ring (bicyclic) bond motifs is 4. The number of aromatic nitrogens is 4. The number of pyridine rings is 1. The van der Waals surface area contributed by atoms with Crippen LogP contribution in [0.3, 0.4) is 0 Å². The molecular weight excluding hydrogens is 500 g/mol. The minimum absolute atomic E-state index is 0.819. The van der Waals surface area contributed by atoms with Crippen molar-refractivity contribution in [3.8, 4) is 22.9 Å². The van der Waals surface area contributed by atoms with E-state index in [1.54, 1.807) is 0 Å². The molecule has 3 aromatic heterocycles. The topological polar surface area (TPSA) is 35.6 Å². The van der Waals surface area contributed by atoms with Crippen LogP contribution in [0.1, 0.15) is 11.1 Å². The molecule has 0 unspecified atom stereocenters. The fourth-order valence-corrected chi connectivity index (χ4v) is 5.97. The molecule has 0 N–H and O–H groups in total. The summed E-state index contributed by atoms with van der Waals surface area (Å²) in [6, 6.07) is 49.1. The molecule has 4 heteroatoms. The number of para-hydroxylation sites is 4. The van der Waals surface area contributed by atoms with Crippen LogP contribution in [0, 0.1) is 0 Å². The van der Waals surface area contributed by atoms with Crippen LogP contribution in [0.4, 0.5) is 0 Å². The van der Waals surface area contributed by atoms with E-state index < -0.39 is 0 Å². The maximum atomic E-state index is 5.07. The van der Waals surface area contributed by atoms with Crippen molar-refractivity contribution < 1.29 is 0 Å². The molecule has 3 heterocycles. The first-order chi connectivity index (χ1) is 20.3. The molecule has 0 amide bonds. The summed E-state index contributed by atoms with van der Waals surface area (Å²) in [6.07, 6.45) is 2.67. The maximum absolute atomic E-state index is 5.07. The lowest BCUT2D eigenvalue weighted by atomic mass is 10.0. The third-order valence-corrected chi connectivity index (χ3v) is 7.79. The molecule has 0 fully saturated rings. The highest BCUT2D eigenvalue weighted by Gasteiger charge is 2.16. The lowest BCUT2D eigenvalue weighted by Crippen LogP contribution is -1.98. The van der Waals surface area contributed by atoms with Crippen LogP contribution >= 0.6 is 0 Å².